The number of rotatable bonds is 6. The van der Waals surface area contributed by atoms with Crippen molar-refractivity contribution in [3.05, 3.63) is 35.4 Å². The summed E-state index contributed by atoms with van der Waals surface area (Å²) in [6.45, 7) is 10.9. The Morgan fingerprint density at radius 3 is 2.50 bits per heavy atom. The summed E-state index contributed by atoms with van der Waals surface area (Å²) in [6.07, 6.45) is 5.58. The van der Waals surface area contributed by atoms with Gasteiger partial charge < -0.3 is 10.2 Å². The molecule has 0 amide bonds. The number of guanidine groups is 1. The molecular formula is C21H35IN4. The molecule has 2 fully saturated rings. The summed E-state index contributed by atoms with van der Waals surface area (Å²) in [6, 6.07) is 8.95. The van der Waals surface area contributed by atoms with Crippen LogP contribution in [0.15, 0.2) is 29.3 Å². The predicted molar refractivity (Wildman–Crippen MR) is 121 cm³/mol. The highest BCUT2D eigenvalue weighted by Gasteiger charge is 2.43. The highest BCUT2D eigenvalue weighted by Crippen LogP contribution is 2.47. The van der Waals surface area contributed by atoms with Crippen molar-refractivity contribution in [3.63, 3.8) is 0 Å². The SMILES string of the molecule is CCN(CC)Cc1cccc(CNC(=NC)N2CCC3(CCC3)C2)c1.I. The molecule has 1 aliphatic carbocycles. The molecule has 1 saturated heterocycles. The van der Waals surface area contributed by atoms with Gasteiger partial charge in [0.2, 0.25) is 0 Å². The van der Waals surface area contributed by atoms with Gasteiger partial charge in [0.25, 0.3) is 0 Å². The predicted octanol–water partition coefficient (Wildman–Crippen LogP) is 4.10. The second kappa shape index (κ2) is 9.93. The molecule has 146 valence electrons. The summed E-state index contributed by atoms with van der Waals surface area (Å²) in [7, 11) is 1.91. The van der Waals surface area contributed by atoms with E-state index >= 15 is 0 Å². The van der Waals surface area contributed by atoms with Crippen molar-refractivity contribution in [3.8, 4) is 0 Å². The van der Waals surface area contributed by atoms with Crippen molar-refractivity contribution in [1.29, 1.82) is 0 Å². The Kier molecular flexibility index (Phi) is 8.20. The summed E-state index contributed by atoms with van der Waals surface area (Å²) < 4.78 is 0. The molecule has 26 heavy (non-hydrogen) atoms. The van der Waals surface area contributed by atoms with E-state index in [0.717, 1.165) is 38.7 Å². The molecule has 1 heterocycles. The highest BCUT2D eigenvalue weighted by molar-refractivity contribution is 14.0. The third kappa shape index (κ3) is 5.12. The Labute approximate surface area is 176 Å². The Morgan fingerprint density at radius 2 is 1.92 bits per heavy atom. The standard InChI is InChI=1S/C21H34N4.HI/c1-4-24(5-2)16-19-9-6-8-18(14-19)15-23-20(22-3)25-13-12-21(17-25)10-7-11-21;/h6,8-9,14H,4-5,7,10-13,15-17H2,1-3H3,(H,22,23);1H. The van der Waals surface area contributed by atoms with Crippen molar-refractivity contribution in [2.45, 2.75) is 52.6 Å². The fourth-order valence-electron chi connectivity index (χ4n) is 4.26. The minimum atomic E-state index is 0. The molecule has 0 aromatic heterocycles. The van der Waals surface area contributed by atoms with Crippen LogP contribution in [0.3, 0.4) is 0 Å². The lowest BCUT2D eigenvalue weighted by Crippen LogP contribution is -2.42. The number of nitrogens with zero attached hydrogens (tertiary/aromatic N) is 3. The molecule has 0 radical (unpaired) electrons. The first kappa shape index (κ1) is 21.5. The van der Waals surface area contributed by atoms with E-state index in [9.17, 15) is 0 Å². The van der Waals surface area contributed by atoms with Crippen LogP contribution in [0.4, 0.5) is 0 Å². The van der Waals surface area contributed by atoms with Gasteiger partial charge in [0.05, 0.1) is 0 Å². The van der Waals surface area contributed by atoms with E-state index in [4.69, 9.17) is 0 Å². The number of aliphatic imine (C=N–C) groups is 1. The van der Waals surface area contributed by atoms with Gasteiger partial charge in [-0.05, 0) is 48.9 Å². The van der Waals surface area contributed by atoms with Crippen LogP contribution >= 0.6 is 24.0 Å². The average Bonchev–Trinajstić information content (AvgIpc) is 3.07. The number of likely N-dealkylation sites (tertiary alicyclic amines) is 1. The Balaban J connectivity index is 0.00000243. The first-order chi connectivity index (χ1) is 12.2. The molecule has 0 bridgehead atoms. The molecule has 1 saturated carbocycles. The third-order valence-corrected chi connectivity index (χ3v) is 6.11. The quantitative estimate of drug-likeness (QED) is 0.386. The van der Waals surface area contributed by atoms with Gasteiger partial charge in [-0.15, -0.1) is 24.0 Å². The molecule has 1 aromatic rings. The Hall–Kier alpha value is -0.820. The minimum absolute atomic E-state index is 0. The molecule has 1 aliphatic heterocycles. The summed E-state index contributed by atoms with van der Waals surface area (Å²) in [5.74, 6) is 1.07. The zero-order valence-electron chi connectivity index (χ0n) is 16.6. The monoisotopic (exact) mass is 470 g/mol. The smallest absolute Gasteiger partial charge is 0.193 e. The van der Waals surface area contributed by atoms with E-state index in [1.165, 1.54) is 43.4 Å². The second-order valence-electron chi connectivity index (χ2n) is 7.71. The minimum Gasteiger partial charge on any atom is -0.352 e. The first-order valence-corrected chi connectivity index (χ1v) is 9.94. The molecular weight excluding hydrogens is 435 g/mol. The fraction of sp³-hybridized carbons (Fsp3) is 0.667. The molecule has 1 spiro atoms. The summed E-state index contributed by atoms with van der Waals surface area (Å²) >= 11 is 0. The van der Waals surface area contributed by atoms with Crippen LogP contribution in [0.25, 0.3) is 0 Å². The topological polar surface area (TPSA) is 30.9 Å². The lowest BCUT2D eigenvalue weighted by atomic mass is 9.68. The van der Waals surface area contributed by atoms with Crippen molar-refractivity contribution >= 4 is 29.9 Å². The Bertz CT molecular complexity index is 593. The molecule has 1 N–H and O–H groups in total. The van der Waals surface area contributed by atoms with Gasteiger partial charge in [-0.2, -0.15) is 0 Å². The van der Waals surface area contributed by atoms with Gasteiger partial charge in [0.1, 0.15) is 0 Å². The maximum Gasteiger partial charge on any atom is 0.193 e. The zero-order chi connectivity index (χ0) is 17.7. The van der Waals surface area contributed by atoms with Crippen molar-refractivity contribution in [2.24, 2.45) is 10.4 Å². The third-order valence-electron chi connectivity index (χ3n) is 6.11. The second-order valence-corrected chi connectivity index (χ2v) is 7.71. The van der Waals surface area contributed by atoms with Gasteiger partial charge >= 0.3 is 0 Å². The average molecular weight is 470 g/mol. The van der Waals surface area contributed by atoms with Crippen LogP contribution in [-0.4, -0.2) is 49.0 Å². The largest absolute Gasteiger partial charge is 0.352 e. The van der Waals surface area contributed by atoms with E-state index in [-0.39, 0.29) is 24.0 Å². The van der Waals surface area contributed by atoms with E-state index < -0.39 is 0 Å². The maximum absolute atomic E-state index is 4.53. The summed E-state index contributed by atoms with van der Waals surface area (Å²) in [4.78, 5) is 9.44. The molecule has 5 heteroatoms. The van der Waals surface area contributed by atoms with Crippen molar-refractivity contribution < 1.29 is 0 Å². The van der Waals surface area contributed by atoms with Crippen molar-refractivity contribution in [2.75, 3.05) is 33.2 Å². The van der Waals surface area contributed by atoms with E-state index in [2.05, 4.69) is 58.2 Å². The highest BCUT2D eigenvalue weighted by atomic mass is 127. The molecule has 1 aromatic carbocycles. The molecule has 4 nitrogen and oxygen atoms in total. The van der Waals surface area contributed by atoms with Crippen LogP contribution in [-0.2, 0) is 13.1 Å². The number of nitrogens with one attached hydrogen (secondary N) is 1. The van der Waals surface area contributed by atoms with Gasteiger partial charge in [-0.25, -0.2) is 0 Å². The van der Waals surface area contributed by atoms with Gasteiger partial charge in [0.15, 0.2) is 5.96 Å². The lowest BCUT2D eigenvalue weighted by molar-refractivity contribution is 0.151. The van der Waals surface area contributed by atoms with Gasteiger partial charge in [-0.1, -0.05) is 44.5 Å². The fourth-order valence-corrected chi connectivity index (χ4v) is 4.26. The zero-order valence-corrected chi connectivity index (χ0v) is 19.0. The number of benzene rings is 1. The molecule has 0 unspecified atom stereocenters. The van der Waals surface area contributed by atoms with Crippen LogP contribution in [0, 0.1) is 5.41 Å². The normalized spacial score (nSPS) is 18.8. The lowest BCUT2D eigenvalue weighted by Gasteiger charge is -2.38. The van der Waals surface area contributed by atoms with Crippen LogP contribution in [0.2, 0.25) is 0 Å². The van der Waals surface area contributed by atoms with Crippen molar-refractivity contribution in [1.82, 2.24) is 15.1 Å². The number of hydrogen-bond donors (Lipinski definition) is 1. The molecule has 0 atom stereocenters. The van der Waals surface area contributed by atoms with E-state index in [1.807, 2.05) is 7.05 Å². The van der Waals surface area contributed by atoms with E-state index in [1.54, 1.807) is 0 Å². The summed E-state index contributed by atoms with van der Waals surface area (Å²) in [5.41, 5.74) is 3.34. The van der Waals surface area contributed by atoms with Crippen LogP contribution < -0.4 is 5.32 Å². The van der Waals surface area contributed by atoms with Gasteiger partial charge in [-0.3, -0.25) is 9.89 Å². The number of hydrogen-bond acceptors (Lipinski definition) is 2. The van der Waals surface area contributed by atoms with E-state index in [0.29, 0.717) is 5.41 Å². The van der Waals surface area contributed by atoms with Crippen LogP contribution in [0.5, 0.6) is 0 Å². The van der Waals surface area contributed by atoms with Crippen LogP contribution in [0.1, 0.15) is 50.7 Å². The summed E-state index contributed by atoms with van der Waals surface area (Å²) in [5, 5.41) is 3.58. The maximum atomic E-state index is 4.53. The Morgan fingerprint density at radius 1 is 1.19 bits per heavy atom. The molecule has 3 rings (SSSR count). The van der Waals surface area contributed by atoms with Gasteiger partial charge in [0, 0.05) is 33.2 Å². The number of halogens is 1. The molecule has 2 aliphatic rings. The first-order valence-electron chi connectivity index (χ1n) is 9.94.